The normalized spacial score (nSPS) is 9.54. The summed E-state index contributed by atoms with van der Waals surface area (Å²) in [5.41, 5.74) is 2.64. The fraction of sp³-hybridized carbons (Fsp3) is 0.0769. The van der Waals surface area contributed by atoms with Crippen molar-refractivity contribution < 1.29 is 8.78 Å². The Morgan fingerprint density at radius 3 is 2.23 bits per heavy atom. The molecule has 5 nitrogen and oxygen atoms in total. The third-order valence-electron chi connectivity index (χ3n) is 2.60. The predicted octanol–water partition coefficient (Wildman–Crippen LogP) is 6.01. The average Bonchev–Trinajstić information content (AvgIpc) is 3.23. The van der Waals surface area contributed by atoms with Crippen molar-refractivity contribution in [2.75, 3.05) is 0 Å². The second-order valence-corrected chi connectivity index (χ2v) is 7.06. The van der Waals surface area contributed by atoms with Crippen LogP contribution in [-0.4, -0.2) is 25.1 Å². The summed E-state index contributed by atoms with van der Waals surface area (Å²) in [6, 6.07) is 5.74. The zero-order valence-electron chi connectivity index (χ0n) is 11.9. The maximum absolute atomic E-state index is 13.0. The molecule has 0 unspecified atom stereocenters. The molecule has 4 aromatic rings. The molecule has 0 amide bonds. The maximum atomic E-state index is 13.0. The van der Waals surface area contributed by atoms with E-state index in [9.17, 15) is 8.78 Å². The Hall–Kier alpha value is -0.885. The molecule has 2 aromatic heterocycles. The van der Waals surface area contributed by atoms with Crippen LogP contribution in [0.1, 0.15) is 7.43 Å². The molecule has 0 fully saturated rings. The van der Waals surface area contributed by atoms with Gasteiger partial charge in [0.1, 0.15) is 33.7 Å². The first-order chi connectivity index (χ1) is 12.0. The molecular formula is C13H9BBr2F2N5S3. The number of aromatic nitrogens is 4. The Bertz CT molecular complexity index is 1010. The number of hydrogen-bond donors (Lipinski definition) is 1. The molecule has 0 spiro atoms. The van der Waals surface area contributed by atoms with Crippen LogP contribution in [0, 0.1) is 11.6 Å². The molecule has 2 aromatic carbocycles. The molecule has 0 aliphatic heterocycles. The zero-order valence-corrected chi connectivity index (χ0v) is 17.6. The van der Waals surface area contributed by atoms with E-state index < -0.39 is 0 Å². The van der Waals surface area contributed by atoms with Crippen molar-refractivity contribution in [1.29, 1.82) is 0 Å². The summed E-state index contributed by atoms with van der Waals surface area (Å²) in [6.45, 7) is 0. The molecular weight excluding hydrogens is 531 g/mol. The van der Waals surface area contributed by atoms with E-state index in [2.05, 4.69) is 74.1 Å². The van der Waals surface area contributed by atoms with Gasteiger partial charge >= 0.3 is 24.8 Å². The van der Waals surface area contributed by atoms with E-state index in [0.717, 1.165) is 29.0 Å². The predicted molar refractivity (Wildman–Crippen MR) is 114 cm³/mol. The van der Waals surface area contributed by atoms with Gasteiger partial charge in [-0.2, -0.15) is 17.5 Å². The van der Waals surface area contributed by atoms with Gasteiger partial charge in [-0.05, 0) is 50.1 Å². The topological polar surface area (TPSA) is 63.9 Å². The first-order valence-electron chi connectivity index (χ1n) is 6.15. The van der Waals surface area contributed by atoms with Gasteiger partial charge < -0.3 is 0 Å². The molecule has 135 valence electrons. The quantitative estimate of drug-likeness (QED) is 0.169. The second-order valence-electron chi connectivity index (χ2n) is 4.13. The first kappa shape index (κ1) is 23.2. The molecule has 0 saturated carbocycles. The number of rotatable bonds is 0. The number of halogens is 4. The molecule has 0 aliphatic carbocycles. The van der Waals surface area contributed by atoms with Gasteiger partial charge in [-0.15, -0.1) is 0 Å². The Morgan fingerprint density at radius 2 is 1.54 bits per heavy atom. The van der Waals surface area contributed by atoms with E-state index in [1.165, 1.54) is 18.2 Å². The van der Waals surface area contributed by atoms with Gasteiger partial charge in [0.05, 0.1) is 27.9 Å². The van der Waals surface area contributed by atoms with Gasteiger partial charge in [-0.25, -0.2) is 8.78 Å². The van der Waals surface area contributed by atoms with Gasteiger partial charge in [-0.1, -0.05) is 7.43 Å². The SMILES string of the molecule is C.Fc1cc(Br)c2nsnc2c1Br.Fc1ccc2nsnc2c1.[B]=NS. The molecule has 2 heterocycles. The average molecular weight is 540 g/mol. The summed E-state index contributed by atoms with van der Waals surface area (Å²) in [5, 5.41) is 0. The summed E-state index contributed by atoms with van der Waals surface area (Å²) >= 11 is 11.7. The van der Waals surface area contributed by atoms with Crippen molar-refractivity contribution in [3.8, 4) is 0 Å². The number of nitrogens with zero attached hydrogens (tertiary/aromatic N) is 5. The fourth-order valence-electron chi connectivity index (χ4n) is 1.60. The van der Waals surface area contributed by atoms with Crippen molar-refractivity contribution >= 4 is 97.8 Å². The monoisotopic (exact) mass is 538 g/mol. The number of thiol groups is 1. The molecule has 13 heteroatoms. The Morgan fingerprint density at radius 1 is 0.962 bits per heavy atom. The van der Waals surface area contributed by atoms with Gasteiger partial charge in [0.2, 0.25) is 0 Å². The Labute approximate surface area is 179 Å². The van der Waals surface area contributed by atoms with Gasteiger partial charge in [0.25, 0.3) is 0 Å². The van der Waals surface area contributed by atoms with Crippen LogP contribution < -0.4 is 0 Å². The molecule has 0 bridgehead atoms. The summed E-state index contributed by atoms with van der Waals surface area (Å²) < 4.78 is 44.9. The third kappa shape index (κ3) is 5.81. The van der Waals surface area contributed by atoms with Crippen LogP contribution in [0.3, 0.4) is 0 Å². The summed E-state index contributed by atoms with van der Waals surface area (Å²) in [7, 11) is 4.34. The fourth-order valence-corrected chi connectivity index (χ4v) is 3.79. The summed E-state index contributed by atoms with van der Waals surface area (Å²) in [4.78, 5) is 0. The minimum absolute atomic E-state index is 0. The van der Waals surface area contributed by atoms with Crippen molar-refractivity contribution in [2.45, 2.75) is 7.43 Å². The van der Waals surface area contributed by atoms with Crippen LogP contribution in [0.5, 0.6) is 0 Å². The molecule has 0 N–H and O–H groups in total. The van der Waals surface area contributed by atoms with Crippen molar-refractivity contribution in [1.82, 2.24) is 17.5 Å². The van der Waals surface area contributed by atoms with E-state index in [-0.39, 0.29) is 19.1 Å². The minimum atomic E-state index is -0.331. The van der Waals surface area contributed by atoms with Gasteiger partial charge in [0.15, 0.2) is 0 Å². The van der Waals surface area contributed by atoms with Crippen LogP contribution in [0.25, 0.3) is 22.1 Å². The molecule has 0 aliphatic rings. The standard InChI is InChI=1S/C6HBr2FN2S.C6H3FN2S.CH4.BHNS/c7-2-1-3(9)4(8)6-5(2)10-12-11-6;7-4-1-2-5-6(3-4)9-10-8-5;;1-2-3/h1H;1-3H;1H4;3H. The van der Waals surface area contributed by atoms with Crippen LogP contribution in [-0.2, 0) is 0 Å². The van der Waals surface area contributed by atoms with Crippen LogP contribution in [0.4, 0.5) is 8.78 Å². The van der Waals surface area contributed by atoms with Crippen LogP contribution in [0.2, 0.25) is 0 Å². The Kier molecular flexibility index (Phi) is 9.86. The van der Waals surface area contributed by atoms with Crippen molar-refractivity contribution in [2.24, 2.45) is 4.30 Å². The number of fused-ring (bicyclic) bond motifs is 2. The van der Waals surface area contributed by atoms with Crippen molar-refractivity contribution in [3.63, 3.8) is 0 Å². The molecule has 0 atom stereocenters. The van der Waals surface area contributed by atoms with Crippen molar-refractivity contribution in [3.05, 3.63) is 44.8 Å². The van der Waals surface area contributed by atoms with Crippen LogP contribution in [0.15, 0.2) is 37.5 Å². The van der Waals surface area contributed by atoms with E-state index in [1.807, 2.05) is 0 Å². The second kappa shape index (κ2) is 11.1. The number of benzene rings is 2. The molecule has 26 heavy (non-hydrogen) atoms. The van der Waals surface area contributed by atoms with E-state index >= 15 is 0 Å². The molecule has 4 rings (SSSR count). The number of hydrogen-bond acceptors (Lipinski definition) is 8. The van der Waals surface area contributed by atoms with Gasteiger partial charge in [0, 0.05) is 10.5 Å². The summed E-state index contributed by atoms with van der Waals surface area (Å²) in [5.74, 6) is -0.595. The zero-order chi connectivity index (χ0) is 18.4. The third-order valence-corrected chi connectivity index (χ3v) is 5.05. The molecule has 0 saturated heterocycles. The van der Waals surface area contributed by atoms with E-state index in [1.54, 1.807) is 6.07 Å². The molecule has 1 radical (unpaired) electrons. The Balaban J connectivity index is 0.000000221. The van der Waals surface area contributed by atoms with Crippen LogP contribution >= 0.6 is 68.1 Å². The van der Waals surface area contributed by atoms with E-state index in [4.69, 9.17) is 0 Å². The summed E-state index contributed by atoms with van der Waals surface area (Å²) in [6.07, 6.45) is 0. The first-order valence-corrected chi connectivity index (χ1v) is 9.60. The van der Waals surface area contributed by atoms with E-state index in [0.29, 0.717) is 25.5 Å². The van der Waals surface area contributed by atoms with Gasteiger partial charge in [-0.3, -0.25) is 0 Å².